The molecular formula is C20H30N4O3S. The zero-order valence-corrected chi connectivity index (χ0v) is 18.4. The van der Waals surface area contributed by atoms with Crippen molar-refractivity contribution in [3.8, 4) is 17.2 Å². The summed E-state index contributed by atoms with van der Waals surface area (Å²) in [5.74, 6) is 2.72. The van der Waals surface area contributed by atoms with Gasteiger partial charge in [-0.2, -0.15) is 0 Å². The summed E-state index contributed by atoms with van der Waals surface area (Å²) >= 11 is 1.66. The summed E-state index contributed by atoms with van der Waals surface area (Å²) in [5.41, 5.74) is 2.02. The van der Waals surface area contributed by atoms with E-state index in [1.807, 2.05) is 33.0 Å². The lowest BCUT2D eigenvalue weighted by molar-refractivity contribution is 0.288. The number of hydrogen-bond donors (Lipinski definition) is 1. The van der Waals surface area contributed by atoms with Crippen LogP contribution in [0.25, 0.3) is 0 Å². The Bertz CT molecular complexity index is 767. The van der Waals surface area contributed by atoms with Gasteiger partial charge in [-0.05, 0) is 38.5 Å². The van der Waals surface area contributed by atoms with Gasteiger partial charge in [-0.3, -0.25) is 0 Å². The second-order valence-corrected chi connectivity index (χ2v) is 7.21. The van der Waals surface area contributed by atoms with Crippen molar-refractivity contribution in [2.45, 2.75) is 33.9 Å². The molecule has 7 nitrogen and oxygen atoms in total. The van der Waals surface area contributed by atoms with Crippen LogP contribution in [0.1, 0.15) is 30.1 Å². The molecular weight excluding hydrogens is 376 g/mol. The molecule has 0 saturated carbocycles. The van der Waals surface area contributed by atoms with Crippen LogP contribution in [-0.4, -0.2) is 50.3 Å². The number of benzene rings is 1. The molecule has 0 radical (unpaired) electrons. The SMILES string of the molecule is CCNC(=NCc1cc(OC)c(OCC)c(OC)c1)N(C)Cc1csc(C)n1. The number of aryl methyl sites for hydroxylation is 1. The van der Waals surface area contributed by atoms with Gasteiger partial charge in [0.2, 0.25) is 5.75 Å². The number of aliphatic imine (C=N–C) groups is 1. The summed E-state index contributed by atoms with van der Waals surface area (Å²) < 4.78 is 16.6. The number of thiazole rings is 1. The predicted molar refractivity (Wildman–Crippen MR) is 114 cm³/mol. The lowest BCUT2D eigenvalue weighted by atomic mass is 10.2. The highest BCUT2D eigenvalue weighted by Gasteiger charge is 2.14. The van der Waals surface area contributed by atoms with Crippen LogP contribution in [0.5, 0.6) is 17.2 Å². The van der Waals surface area contributed by atoms with Crippen LogP contribution >= 0.6 is 11.3 Å². The standard InChI is InChI=1S/C20H30N4O3S/c1-7-21-20(24(4)12-16-13-28-14(3)23-16)22-11-15-9-17(25-5)19(27-8-2)18(10-15)26-6/h9-10,13H,7-8,11-12H2,1-6H3,(H,21,22). The molecule has 0 fully saturated rings. The second-order valence-electron chi connectivity index (χ2n) is 6.15. The Balaban J connectivity index is 2.21. The van der Waals surface area contributed by atoms with Gasteiger partial charge < -0.3 is 24.4 Å². The van der Waals surface area contributed by atoms with Crippen LogP contribution in [0, 0.1) is 6.92 Å². The van der Waals surface area contributed by atoms with Crippen molar-refractivity contribution in [1.82, 2.24) is 15.2 Å². The summed E-state index contributed by atoms with van der Waals surface area (Å²) in [6.07, 6.45) is 0. The van der Waals surface area contributed by atoms with E-state index in [9.17, 15) is 0 Å². The minimum Gasteiger partial charge on any atom is -0.493 e. The average molecular weight is 407 g/mol. The van der Waals surface area contributed by atoms with Crippen molar-refractivity contribution in [3.05, 3.63) is 33.8 Å². The number of rotatable bonds is 9. The molecule has 154 valence electrons. The summed E-state index contributed by atoms with van der Waals surface area (Å²) in [7, 11) is 5.26. The van der Waals surface area contributed by atoms with Crippen molar-refractivity contribution < 1.29 is 14.2 Å². The van der Waals surface area contributed by atoms with Crippen molar-refractivity contribution in [3.63, 3.8) is 0 Å². The molecule has 1 aromatic heterocycles. The fourth-order valence-electron chi connectivity index (χ4n) is 2.75. The topological polar surface area (TPSA) is 68.2 Å². The highest BCUT2D eigenvalue weighted by molar-refractivity contribution is 7.09. The molecule has 1 N–H and O–H groups in total. The second kappa shape index (κ2) is 10.8. The van der Waals surface area contributed by atoms with Crippen LogP contribution < -0.4 is 19.5 Å². The molecule has 1 aromatic carbocycles. The molecule has 8 heteroatoms. The fourth-order valence-corrected chi connectivity index (χ4v) is 3.35. The number of aromatic nitrogens is 1. The molecule has 0 unspecified atom stereocenters. The van der Waals surface area contributed by atoms with E-state index >= 15 is 0 Å². The van der Waals surface area contributed by atoms with E-state index in [4.69, 9.17) is 19.2 Å². The minimum atomic E-state index is 0.488. The molecule has 2 aromatic rings. The number of hydrogen-bond acceptors (Lipinski definition) is 6. The number of nitrogens with one attached hydrogen (secondary N) is 1. The Kier molecular flexibility index (Phi) is 8.38. The quantitative estimate of drug-likeness (QED) is 0.508. The molecule has 0 aliphatic rings. The Morgan fingerprint density at radius 1 is 1.21 bits per heavy atom. The van der Waals surface area contributed by atoms with Gasteiger partial charge in [0.15, 0.2) is 17.5 Å². The van der Waals surface area contributed by atoms with Crippen molar-refractivity contribution in [2.75, 3.05) is 34.4 Å². The Morgan fingerprint density at radius 2 is 1.89 bits per heavy atom. The van der Waals surface area contributed by atoms with E-state index < -0.39 is 0 Å². The zero-order chi connectivity index (χ0) is 20.5. The third-order valence-corrected chi connectivity index (χ3v) is 4.80. The molecule has 0 spiro atoms. The van der Waals surface area contributed by atoms with Crippen LogP contribution in [0.4, 0.5) is 0 Å². The van der Waals surface area contributed by atoms with Gasteiger partial charge in [-0.25, -0.2) is 9.98 Å². The lowest BCUT2D eigenvalue weighted by Crippen LogP contribution is -2.38. The van der Waals surface area contributed by atoms with Crippen molar-refractivity contribution in [2.24, 2.45) is 4.99 Å². The Labute approximate surface area is 171 Å². The van der Waals surface area contributed by atoms with Crippen molar-refractivity contribution in [1.29, 1.82) is 0 Å². The number of nitrogens with zero attached hydrogens (tertiary/aromatic N) is 3. The van der Waals surface area contributed by atoms with Gasteiger partial charge in [0.05, 0.1) is 44.6 Å². The average Bonchev–Trinajstić information content (AvgIpc) is 3.10. The van der Waals surface area contributed by atoms with Gasteiger partial charge in [0.25, 0.3) is 0 Å². The Morgan fingerprint density at radius 3 is 2.39 bits per heavy atom. The summed E-state index contributed by atoms with van der Waals surface area (Å²) in [5, 5.41) is 6.48. The summed E-state index contributed by atoms with van der Waals surface area (Å²) in [6.45, 7) is 8.51. The van der Waals surface area contributed by atoms with E-state index in [-0.39, 0.29) is 0 Å². The molecule has 0 saturated heterocycles. The van der Waals surface area contributed by atoms with Gasteiger partial charge in [0, 0.05) is 19.0 Å². The Hall–Kier alpha value is -2.48. The van der Waals surface area contributed by atoms with E-state index in [1.54, 1.807) is 25.6 Å². The highest BCUT2D eigenvalue weighted by atomic mass is 32.1. The predicted octanol–water partition coefficient (Wildman–Crippen LogP) is 3.46. The van der Waals surface area contributed by atoms with E-state index in [1.165, 1.54) is 0 Å². The first-order valence-electron chi connectivity index (χ1n) is 9.30. The van der Waals surface area contributed by atoms with Crippen molar-refractivity contribution >= 4 is 17.3 Å². The first-order valence-corrected chi connectivity index (χ1v) is 10.2. The van der Waals surface area contributed by atoms with Crippen LogP contribution in [0.3, 0.4) is 0 Å². The summed E-state index contributed by atoms with van der Waals surface area (Å²) in [6, 6.07) is 3.87. The molecule has 2 rings (SSSR count). The van der Waals surface area contributed by atoms with E-state index in [2.05, 4.69) is 27.5 Å². The molecule has 0 amide bonds. The van der Waals surface area contributed by atoms with Gasteiger partial charge in [-0.1, -0.05) is 0 Å². The zero-order valence-electron chi connectivity index (χ0n) is 17.5. The maximum absolute atomic E-state index is 5.66. The normalized spacial score (nSPS) is 11.3. The van der Waals surface area contributed by atoms with Gasteiger partial charge >= 0.3 is 0 Å². The summed E-state index contributed by atoms with van der Waals surface area (Å²) in [4.78, 5) is 11.4. The molecule has 0 bridgehead atoms. The monoisotopic (exact) mass is 406 g/mol. The van der Waals surface area contributed by atoms with E-state index in [0.717, 1.165) is 28.8 Å². The first-order chi connectivity index (χ1) is 13.5. The third-order valence-electron chi connectivity index (χ3n) is 3.98. The van der Waals surface area contributed by atoms with Crippen LogP contribution in [-0.2, 0) is 13.1 Å². The first kappa shape index (κ1) is 21.8. The maximum atomic E-state index is 5.66. The smallest absolute Gasteiger partial charge is 0.203 e. The fraction of sp³-hybridized carbons (Fsp3) is 0.500. The number of ether oxygens (including phenoxy) is 3. The molecule has 28 heavy (non-hydrogen) atoms. The molecule has 0 aliphatic heterocycles. The van der Waals surface area contributed by atoms with Crippen LogP contribution in [0.15, 0.2) is 22.5 Å². The molecule has 0 aliphatic carbocycles. The lowest BCUT2D eigenvalue weighted by Gasteiger charge is -2.21. The molecule has 1 heterocycles. The van der Waals surface area contributed by atoms with Gasteiger partial charge in [-0.15, -0.1) is 11.3 Å². The number of guanidine groups is 1. The van der Waals surface area contributed by atoms with Gasteiger partial charge in [0.1, 0.15) is 0 Å². The third kappa shape index (κ3) is 5.76. The minimum absolute atomic E-state index is 0.488. The van der Waals surface area contributed by atoms with E-state index in [0.29, 0.717) is 36.9 Å². The molecule has 0 atom stereocenters. The maximum Gasteiger partial charge on any atom is 0.203 e. The van der Waals surface area contributed by atoms with Crippen LogP contribution in [0.2, 0.25) is 0 Å². The highest BCUT2D eigenvalue weighted by Crippen LogP contribution is 2.38. The largest absolute Gasteiger partial charge is 0.493 e. The number of methoxy groups -OCH3 is 2.